The fraction of sp³-hybridized carbons (Fsp3) is 0.318. The normalized spacial score (nSPS) is 12.1. The molecule has 27 heavy (non-hydrogen) atoms. The number of benzene rings is 2. The first-order chi connectivity index (χ1) is 13.0. The second kappa shape index (κ2) is 8.62. The van der Waals surface area contributed by atoms with Crippen molar-refractivity contribution in [2.45, 2.75) is 39.7 Å². The Bertz CT molecular complexity index is 870. The summed E-state index contributed by atoms with van der Waals surface area (Å²) in [6.07, 6.45) is 0.732. The molecule has 1 atom stereocenters. The van der Waals surface area contributed by atoms with Gasteiger partial charge in [0.25, 0.3) is 0 Å². The lowest BCUT2D eigenvalue weighted by molar-refractivity contribution is -0.122. The maximum Gasteiger partial charge on any atom is 0.227 e. The van der Waals surface area contributed by atoms with Crippen molar-refractivity contribution >= 4 is 5.91 Å². The van der Waals surface area contributed by atoms with Crippen LogP contribution < -0.4 is 5.32 Å². The fourth-order valence-electron chi connectivity index (χ4n) is 2.94. The first kappa shape index (κ1) is 18.8. The fourth-order valence-corrected chi connectivity index (χ4v) is 2.94. The van der Waals surface area contributed by atoms with Gasteiger partial charge in [-0.2, -0.15) is 4.98 Å². The number of aryl methyl sites for hydroxylation is 2. The Morgan fingerprint density at radius 1 is 1.07 bits per heavy atom. The number of nitrogens with zero attached hydrogens (tertiary/aromatic N) is 2. The van der Waals surface area contributed by atoms with Gasteiger partial charge in [-0.3, -0.25) is 4.79 Å². The molecule has 0 aliphatic heterocycles. The first-order valence-electron chi connectivity index (χ1n) is 9.27. The maximum atomic E-state index is 12.4. The van der Waals surface area contributed by atoms with E-state index in [0.29, 0.717) is 30.5 Å². The Morgan fingerprint density at radius 2 is 1.78 bits per heavy atom. The molecule has 0 aliphatic carbocycles. The van der Waals surface area contributed by atoms with Crippen LogP contribution in [0.5, 0.6) is 0 Å². The predicted molar refractivity (Wildman–Crippen MR) is 105 cm³/mol. The van der Waals surface area contributed by atoms with Gasteiger partial charge in [0.2, 0.25) is 17.6 Å². The summed E-state index contributed by atoms with van der Waals surface area (Å²) in [6, 6.07) is 18.0. The van der Waals surface area contributed by atoms with E-state index in [4.69, 9.17) is 4.52 Å². The summed E-state index contributed by atoms with van der Waals surface area (Å²) in [5.74, 6) is 1.30. The Balaban J connectivity index is 1.58. The molecule has 1 aromatic heterocycles. The van der Waals surface area contributed by atoms with Gasteiger partial charge in [0.05, 0.1) is 6.04 Å². The summed E-state index contributed by atoms with van der Waals surface area (Å²) in [5.41, 5.74) is 3.20. The smallest absolute Gasteiger partial charge is 0.227 e. The zero-order chi connectivity index (χ0) is 19.2. The van der Waals surface area contributed by atoms with Gasteiger partial charge in [-0.1, -0.05) is 79.2 Å². The topological polar surface area (TPSA) is 68.0 Å². The van der Waals surface area contributed by atoms with Crippen molar-refractivity contribution in [1.82, 2.24) is 15.5 Å². The monoisotopic (exact) mass is 363 g/mol. The highest BCUT2D eigenvalue weighted by Gasteiger charge is 2.18. The molecule has 0 radical (unpaired) electrons. The number of rotatable bonds is 7. The molecule has 0 spiro atoms. The summed E-state index contributed by atoms with van der Waals surface area (Å²) >= 11 is 0. The lowest BCUT2D eigenvalue weighted by Gasteiger charge is -2.22. The van der Waals surface area contributed by atoms with Crippen LogP contribution in [0.15, 0.2) is 59.1 Å². The minimum absolute atomic E-state index is 0.00972. The molecule has 0 fully saturated rings. The molecule has 0 saturated carbocycles. The third-order valence-corrected chi connectivity index (χ3v) is 4.49. The number of nitrogens with one attached hydrogen (secondary N) is 1. The van der Waals surface area contributed by atoms with Crippen molar-refractivity contribution in [1.29, 1.82) is 0 Å². The number of aromatic nitrogens is 2. The molecule has 1 heterocycles. The van der Waals surface area contributed by atoms with Crippen molar-refractivity contribution in [2.75, 3.05) is 0 Å². The van der Waals surface area contributed by atoms with E-state index in [0.717, 1.165) is 11.1 Å². The van der Waals surface area contributed by atoms with Crippen LogP contribution in [0, 0.1) is 12.8 Å². The van der Waals surface area contributed by atoms with Crippen molar-refractivity contribution in [3.05, 3.63) is 71.6 Å². The molecule has 3 aromatic rings. The van der Waals surface area contributed by atoms with Gasteiger partial charge in [-0.05, 0) is 18.4 Å². The summed E-state index contributed by atoms with van der Waals surface area (Å²) in [6.45, 7) is 6.23. The quantitative estimate of drug-likeness (QED) is 0.671. The van der Waals surface area contributed by atoms with E-state index in [1.165, 1.54) is 5.56 Å². The van der Waals surface area contributed by atoms with Crippen LogP contribution in [-0.4, -0.2) is 16.0 Å². The SMILES string of the molecule is Cc1ccc(-c2noc(CCC(=O)N[C@@H](c3ccccc3)C(C)C)n2)cc1. The summed E-state index contributed by atoms with van der Waals surface area (Å²) in [5, 5.41) is 7.13. The van der Waals surface area contributed by atoms with E-state index >= 15 is 0 Å². The molecule has 0 unspecified atom stereocenters. The van der Waals surface area contributed by atoms with E-state index in [1.54, 1.807) is 0 Å². The minimum Gasteiger partial charge on any atom is -0.349 e. The molecule has 1 N–H and O–H groups in total. The van der Waals surface area contributed by atoms with Crippen LogP contribution in [0.2, 0.25) is 0 Å². The zero-order valence-corrected chi connectivity index (χ0v) is 16.0. The van der Waals surface area contributed by atoms with Crippen LogP contribution >= 0.6 is 0 Å². The Morgan fingerprint density at radius 3 is 2.44 bits per heavy atom. The second-order valence-electron chi connectivity index (χ2n) is 7.08. The lowest BCUT2D eigenvalue weighted by Crippen LogP contribution is -2.31. The zero-order valence-electron chi connectivity index (χ0n) is 16.0. The molecule has 1 amide bonds. The van der Waals surface area contributed by atoms with Gasteiger partial charge in [-0.15, -0.1) is 0 Å². The van der Waals surface area contributed by atoms with Crippen LogP contribution in [0.25, 0.3) is 11.4 Å². The van der Waals surface area contributed by atoms with Gasteiger partial charge in [-0.25, -0.2) is 0 Å². The minimum atomic E-state index is -0.0207. The second-order valence-corrected chi connectivity index (χ2v) is 7.08. The van der Waals surface area contributed by atoms with Gasteiger partial charge in [0.1, 0.15) is 0 Å². The number of carbonyl (C=O) groups is 1. The van der Waals surface area contributed by atoms with E-state index in [1.807, 2.05) is 61.5 Å². The number of hydrogen-bond donors (Lipinski definition) is 1. The van der Waals surface area contributed by atoms with Gasteiger partial charge < -0.3 is 9.84 Å². The molecule has 5 nitrogen and oxygen atoms in total. The molecule has 0 aliphatic rings. The average molecular weight is 363 g/mol. The molecule has 2 aromatic carbocycles. The third kappa shape index (κ3) is 5.03. The highest BCUT2D eigenvalue weighted by atomic mass is 16.5. The predicted octanol–water partition coefficient (Wildman–Crippen LogP) is 4.49. The third-order valence-electron chi connectivity index (χ3n) is 4.49. The van der Waals surface area contributed by atoms with E-state index in [-0.39, 0.29) is 11.9 Å². The number of amides is 1. The summed E-state index contributed by atoms with van der Waals surface area (Å²) in [7, 11) is 0. The molecule has 140 valence electrons. The molecule has 5 heteroatoms. The first-order valence-corrected chi connectivity index (χ1v) is 9.27. The van der Waals surface area contributed by atoms with Crippen molar-refractivity contribution in [3.8, 4) is 11.4 Å². The van der Waals surface area contributed by atoms with E-state index in [9.17, 15) is 4.79 Å². The molecular weight excluding hydrogens is 338 g/mol. The van der Waals surface area contributed by atoms with Crippen LogP contribution in [0.1, 0.15) is 43.3 Å². The van der Waals surface area contributed by atoms with Crippen molar-refractivity contribution < 1.29 is 9.32 Å². The highest BCUT2D eigenvalue weighted by Crippen LogP contribution is 2.22. The van der Waals surface area contributed by atoms with Crippen molar-refractivity contribution in [2.24, 2.45) is 5.92 Å². The average Bonchev–Trinajstić information content (AvgIpc) is 3.14. The lowest BCUT2D eigenvalue weighted by atomic mass is 9.96. The summed E-state index contributed by atoms with van der Waals surface area (Å²) < 4.78 is 5.30. The number of carbonyl (C=O) groups excluding carboxylic acids is 1. The largest absolute Gasteiger partial charge is 0.349 e. The van der Waals surface area contributed by atoms with E-state index in [2.05, 4.69) is 29.3 Å². The van der Waals surface area contributed by atoms with Crippen molar-refractivity contribution in [3.63, 3.8) is 0 Å². The molecule has 0 saturated heterocycles. The Hall–Kier alpha value is -2.95. The van der Waals surface area contributed by atoms with Crippen LogP contribution in [0.4, 0.5) is 0 Å². The van der Waals surface area contributed by atoms with Gasteiger partial charge in [0, 0.05) is 18.4 Å². The molecule has 0 bridgehead atoms. The molecule has 3 rings (SSSR count). The van der Waals surface area contributed by atoms with Crippen LogP contribution in [0.3, 0.4) is 0 Å². The van der Waals surface area contributed by atoms with E-state index < -0.39 is 0 Å². The summed E-state index contributed by atoms with van der Waals surface area (Å²) in [4.78, 5) is 16.8. The molecular formula is C22H25N3O2. The van der Waals surface area contributed by atoms with Crippen LogP contribution in [-0.2, 0) is 11.2 Å². The number of hydrogen-bond acceptors (Lipinski definition) is 4. The Labute approximate surface area is 159 Å². The Kier molecular flexibility index (Phi) is 6.01. The standard InChI is InChI=1S/C22H25N3O2/c1-15(2)21(17-7-5-4-6-8-17)23-19(26)13-14-20-24-22(25-27-20)18-11-9-16(3)10-12-18/h4-12,15,21H,13-14H2,1-3H3,(H,23,26)/t21-/m1/s1. The highest BCUT2D eigenvalue weighted by molar-refractivity contribution is 5.76. The maximum absolute atomic E-state index is 12.4. The van der Waals surface area contributed by atoms with Gasteiger partial charge in [0.15, 0.2) is 0 Å². The van der Waals surface area contributed by atoms with Gasteiger partial charge >= 0.3 is 0 Å².